The lowest BCUT2D eigenvalue weighted by Crippen LogP contribution is -2.35. The molecule has 1 saturated heterocycles. The summed E-state index contributed by atoms with van der Waals surface area (Å²) in [7, 11) is 0. The smallest absolute Gasteiger partial charge is 0.299 e. The first-order chi connectivity index (χ1) is 5.83. The molecule has 1 unspecified atom stereocenters. The van der Waals surface area contributed by atoms with Gasteiger partial charge < -0.3 is 10.1 Å². The summed E-state index contributed by atoms with van der Waals surface area (Å²) < 4.78 is 4.41. The first-order valence-electron chi connectivity index (χ1n) is 4.24. The summed E-state index contributed by atoms with van der Waals surface area (Å²) >= 11 is 0. The second-order valence-corrected chi connectivity index (χ2v) is 2.99. The van der Waals surface area contributed by atoms with Gasteiger partial charge >= 0.3 is 0 Å². The molecule has 0 saturated carbocycles. The summed E-state index contributed by atoms with van der Waals surface area (Å²) in [5.74, 6) is 0.0596. The molecule has 12 heavy (non-hydrogen) atoms. The molecule has 2 N–H and O–H groups in total. The molecule has 0 amide bonds. The van der Waals surface area contributed by atoms with E-state index in [1.165, 1.54) is 12.8 Å². The molecule has 68 valence electrons. The standard InChI is InChI=1S/C8H14N2O2/c9-8(12-6-11)5-7-3-1-2-4-10-7/h6-7,9-10H,1-5H2. The highest BCUT2D eigenvalue weighted by Gasteiger charge is 2.14. The number of hydrogen-bond acceptors (Lipinski definition) is 4. The predicted octanol–water partition coefficient (Wildman–Crippen LogP) is 0.669. The molecule has 1 aliphatic rings. The van der Waals surface area contributed by atoms with Crippen LogP contribution in [0, 0.1) is 5.41 Å². The van der Waals surface area contributed by atoms with Crippen molar-refractivity contribution in [1.82, 2.24) is 5.32 Å². The Morgan fingerprint density at radius 2 is 2.50 bits per heavy atom. The van der Waals surface area contributed by atoms with Crippen LogP contribution >= 0.6 is 0 Å². The first kappa shape index (κ1) is 9.19. The second kappa shape index (κ2) is 4.87. The summed E-state index contributed by atoms with van der Waals surface area (Å²) in [6.07, 6.45) is 4.01. The molecule has 0 aliphatic carbocycles. The van der Waals surface area contributed by atoms with Gasteiger partial charge in [0.2, 0.25) is 0 Å². The summed E-state index contributed by atoms with van der Waals surface area (Å²) in [6.45, 7) is 1.32. The molecule has 0 radical (unpaired) electrons. The Morgan fingerprint density at radius 3 is 3.08 bits per heavy atom. The number of piperidine rings is 1. The largest absolute Gasteiger partial charge is 0.414 e. The Kier molecular flexibility index (Phi) is 3.73. The Morgan fingerprint density at radius 1 is 1.67 bits per heavy atom. The molecular formula is C8H14N2O2. The van der Waals surface area contributed by atoms with Gasteiger partial charge in [-0.2, -0.15) is 0 Å². The van der Waals surface area contributed by atoms with E-state index in [1.54, 1.807) is 0 Å². The van der Waals surface area contributed by atoms with E-state index in [9.17, 15) is 4.79 Å². The molecule has 0 aromatic carbocycles. The number of carbonyl (C=O) groups excluding carboxylic acids is 1. The number of rotatable bonds is 3. The molecule has 1 rings (SSSR count). The van der Waals surface area contributed by atoms with Crippen molar-refractivity contribution in [2.45, 2.75) is 31.7 Å². The van der Waals surface area contributed by atoms with E-state index in [4.69, 9.17) is 5.41 Å². The maximum Gasteiger partial charge on any atom is 0.299 e. The average molecular weight is 170 g/mol. The number of hydrogen-bond donors (Lipinski definition) is 2. The van der Waals surface area contributed by atoms with E-state index in [0.717, 1.165) is 13.0 Å². The molecule has 0 bridgehead atoms. The topological polar surface area (TPSA) is 62.2 Å². The van der Waals surface area contributed by atoms with Crippen molar-refractivity contribution in [2.75, 3.05) is 6.54 Å². The van der Waals surface area contributed by atoms with Gasteiger partial charge in [-0.1, -0.05) is 6.42 Å². The normalized spacial score (nSPS) is 23.2. The van der Waals surface area contributed by atoms with Crippen LogP contribution in [0.1, 0.15) is 25.7 Å². The molecule has 1 fully saturated rings. The molecule has 0 aromatic heterocycles. The SMILES string of the molecule is N=C(CC1CCCCN1)OC=O. The van der Waals surface area contributed by atoms with Crippen LogP contribution in [0.15, 0.2) is 0 Å². The second-order valence-electron chi connectivity index (χ2n) is 2.99. The lowest BCUT2D eigenvalue weighted by Gasteiger charge is -2.22. The number of ether oxygens (including phenoxy) is 1. The average Bonchev–Trinajstić information content (AvgIpc) is 2.06. The van der Waals surface area contributed by atoms with E-state index in [-0.39, 0.29) is 5.90 Å². The molecule has 4 nitrogen and oxygen atoms in total. The van der Waals surface area contributed by atoms with Gasteiger partial charge in [0.25, 0.3) is 6.47 Å². The maximum atomic E-state index is 9.87. The van der Waals surface area contributed by atoms with Crippen LogP contribution in [0.2, 0.25) is 0 Å². The number of carbonyl (C=O) groups is 1. The monoisotopic (exact) mass is 170 g/mol. The molecule has 1 heterocycles. The van der Waals surface area contributed by atoms with Crippen molar-refractivity contribution in [1.29, 1.82) is 5.41 Å². The highest BCUT2D eigenvalue weighted by molar-refractivity contribution is 5.79. The Hall–Kier alpha value is -0.900. The fourth-order valence-corrected chi connectivity index (χ4v) is 1.43. The van der Waals surface area contributed by atoms with Gasteiger partial charge in [0.1, 0.15) is 0 Å². The minimum atomic E-state index is 0.0596. The van der Waals surface area contributed by atoms with Crippen molar-refractivity contribution < 1.29 is 9.53 Å². The van der Waals surface area contributed by atoms with Crippen LogP contribution in [0.4, 0.5) is 0 Å². The van der Waals surface area contributed by atoms with Crippen LogP contribution in [0.5, 0.6) is 0 Å². The van der Waals surface area contributed by atoms with Crippen molar-refractivity contribution >= 4 is 12.4 Å². The van der Waals surface area contributed by atoms with E-state index < -0.39 is 0 Å². The zero-order chi connectivity index (χ0) is 8.81. The lowest BCUT2D eigenvalue weighted by atomic mass is 10.0. The van der Waals surface area contributed by atoms with Crippen LogP contribution in [0.3, 0.4) is 0 Å². The highest BCUT2D eigenvalue weighted by Crippen LogP contribution is 2.10. The van der Waals surface area contributed by atoms with Gasteiger partial charge in [-0.15, -0.1) is 0 Å². The third kappa shape index (κ3) is 3.00. The highest BCUT2D eigenvalue weighted by atomic mass is 16.5. The summed E-state index contributed by atoms with van der Waals surface area (Å²) in [6, 6.07) is 0.325. The Bertz CT molecular complexity index is 164. The summed E-state index contributed by atoms with van der Waals surface area (Å²) in [5, 5.41) is 10.5. The molecule has 1 atom stereocenters. The van der Waals surface area contributed by atoms with Gasteiger partial charge in [0.05, 0.1) is 0 Å². The minimum absolute atomic E-state index is 0.0596. The fraction of sp³-hybridized carbons (Fsp3) is 0.750. The summed E-state index contributed by atoms with van der Waals surface area (Å²) in [5.41, 5.74) is 0. The van der Waals surface area contributed by atoms with Crippen molar-refractivity contribution in [3.63, 3.8) is 0 Å². The van der Waals surface area contributed by atoms with Crippen LogP contribution in [-0.4, -0.2) is 25.0 Å². The van der Waals surface area contributed by atoms with E-state index >= 15 is 0 Å². The zero-order valence-corrected chi connectivity index (χ0v) is 7.01. The van der Waals surface area contributed by atoms with Gasteiger partial charge in [-0.25, -0.2) is 0 Å². The molecule has 0 aromatic rings. The maximum absolute atomic E-state index is 9.87. The first-order valence-corrected chi connectivity index (χ1v) is 4.24. The van der Waals surface area contributed by atoms with Crippen molar-refractivity contribution in [3.8, 4) is 0 Å². The predicted molar refractivity (Wildman–Crippen MR) is 45.1 cm³/mol. The zero-order valence-electron chi connectivity index (χ0n) is 7.01. The van der Waals surface area contributed by atoms with Crippen molar-refractivity contribution in [2.24, 2.45) is 0 Å². The van der Waals surface area contributed by atoms with E-state index in [0.29, 0.717) is 18.9 Å². The Balaban J connectivity index is 2.19. The third-order valence-corrected chi connectivity index (χ3v) is 2.03. The fourth-order valence-electron chi connectivity index (χ4n) is 1.43. The van der Waals surface area contributed by atoms with Crippen LogP contribution < -0.4 is 5.32 Å². The van der Waals surface area contributed by atoms with Gasteiger partial charge in [-0.05, 0) is 19.4 Å². The lowest BCUT2D eigenvalue weighted by molar-refractivity contribution is -0.121. The quantitative estimate of drug-likeness (QED) is 0.372. The van der Waals surface area contributed by atoms with E-state index in [1.807, 2.05) is 0 Å². The van der Waals surface area contributed by atoms with Gasteiger partial charge in [-0.3, -0.25) is 10.2 Å². The van der Waals surface area contributed by atoms with Gasteiger partial charge in [0, 0.05) is 12.5 Å². The minimum Gasteiger partial charge on any atom is -0.414 e. The molecule has 1 aliphatic heterocycles. The molecular weight excluding hydrogens is 156 g/mol. The summed E-state index contributed by atoms with van der Waals surface area (Å²) in [4.78, 5) is 9.87. The van der Waals surface area contributed by atoms with Crippen LogP contribution in [0.25, 0.3) is 0 Å². The van der Waals surface area contributed by atoms with Crippen molar-refractivity contribution in [3.05, 3.63) is 0 Å². The van der Waals surface area contributed by atoms with E-state index in [2.05, 4.69) is 10.1 Å². The van der Waals surface area contributed by atoms with Gasteiger partial charge in [0.15, 0.2) is 5.90 Å². The molecule has 0 spiro atoms. The Labute approximate surface area is 71.8 Å². The molecule has 4 heteroatoms. The third-order valence-electron chi connectivity index (χ3n) is 2.03. The number of nitrogens with one attached hydrogen (secondary N) is 2. The van der Waals surface area contributed by atoms with Crippen LogP contribution in [-0.2, 0) is 9.53 Å².